The SMILES string of the molecule is CN=C(NCCNC(=O)c1ccccc1Cl)NCC1CCCO1. The summed E-state index contributed by atoms with van der Waals surface area (Å²) in [7, 11) is 1.72. The van der Waals surface area contributed by atoms with E-state index in [-0.39, 0.29) is 12.0 Å². The van der Waals surface area contributed by atoms with Gasteiger partial charge in [-0.1, -0.05) is 23.7 Å². The third-order valence-corrected chi connectivity index (χ3v) is 3.90. The summed E-state index contributed by atoms with van der Waals surface area (Å²) in [6.45, 7) is 2.63. The van der Waals surface area contributed by atoms with E-state index in [4.69, 9.17) is 16.3 Å². The number of halogens is 1. The summed E-state index contributed by atoms with van der Waals surface area (Å²) in [6, 6.07) is 6.99. The molecule has 0 spiro atoms. The lowest BCUT2D eigenvalue weighted by Crippen LogP contribution is -2.43. The van der Waals surface area contributed by atoms with E-state index >= 15 is 0 Å². The number of ether oxygens (including phenoxy) is 1. The quantitative estimate of drug-likeness (QED) is 0.416. The fourth-order valence-electron chi connectivity index (χ4n) is 2.33. The number of rotatable bonds is 6. The molecule has 1 atom stereocenters. The number of nitrogens with zero attached hydrogens (tertiary/aromatic N) is 1. The van der Waals surface area contributed by atoms with E-state index in [1.807, 2.05) is 0 Å². The molecule has 1 heterocycles. The van der Waals surface area contributed by atoms with Crippen LogP contribution in [0.15, 0.2) is 29.3 Å². The molecular formula is C16H23ClN4O2. The predicted molar refractivity (Wildman–Crippen MR) is 92.1 cm³/mol. The zero-order chi connectivity index (χ0) is 16.5. The zero-order valence-corrected chi connectivity index (χ0v) is 14.0. The number of amides is 1. The van der Waals surface area contributed by atoms with Gasteiger partial charge in [0.2, 0.25) is 0 Å². The highest BCUT2D eigenvalue weighted by atomic mass is 35.5. The number of nitrogens with one attached hydrogen (secondary N) is 3. The fraction of sp³-hybridized carbons (Fsp3) is 0.500. The first-order valence-electron chi connectivity index (χ1n) is 7.79. The minimum atomic E-state index is -0.181. The highest BCUT2D eigenvalue weighted by Crippen LogP contribution is 2.14. The average molecular weight is 339 g/mol. The van der Waals surface area contributed by atoms with Gasteiger partial charge >= 0.3 is 0 Å². The Labute approximate surface area is 141 Å². The second kappa shape index (κ2) is 9.37. The van der Waals surface area contributed by atoms with Crippen LogP contribution in [-0.4, -0.2) is 51.3 Å². The minimum Gasteiger partial charge on any atom is -0.376 e. The van der Waals surface area contributed by atoms with Crippen molar-refractivity contribution in [2.45, 2.75) is 18.9 Å². The van der Waals surface area contributed by atoms with E-state index in [1.165, 1.54) is 0 Å². The van der Waals surface area contributed by atoms with Crippen LogP contribution in [0.25, 0.3) is 0 Å². The molecule has 1 aromatic rings. The first-order chi connectivity index (χ1) is 11.2. The molecule has 1 aromatic carbocycles. The highest BCUT2D eigenvalue weighted by molar-refractivity contribution is 6.33. The standard InChI is InChI=1S/C16H23ClN4O2/c1-18-16(21-11-12-5-4-10-23-12)20-9-8-19-15(22)13-6-2-3-7-14(13)17/h2-3,6-7,12H,4-5,8-11H2,1H3,(H,19,22)(H2,18,20,21). The van der Waals surface area contributed by atoms with E-state index in [1.54, 1.807) is 31.3 Å². The lowest BCUT2D eigenvalue weighted by atomic mass is 10.2. The summed E-state index contributed by atoms with van der Waals surface area (Å²) in [4.78, 5) is 16.1. The number of aliphatic imine (C=N–C) groups is 1. The second-order valence-corrected chi connectivity index (χ2v) is 5.66. The number of carbonyl (C=O) groups is 1. The summed E-state index contributed by atoms with van der Waals surface area (Å²) in [5.74, 6) is 0.521. The van der Waals surface area contributed by atoms with Gasteiger partial charge in [-0.15, -0.1) is 0 Å². The maximum Gasteiger partial charge on any atom is 0.252 e. The molecule has 0 aliphatic carbocycles. The van der Waals surface area contributed by atoms with E-state index in [2.05, 4.69) is 20.9 Å². The van der Waals surface area contributed by atoms with Crippen molar-refractivity contribution in [2.24, 2.45) is 4.99 Å². The van der Waals surface area contributed by atoms with Crippen molar-refractivity contribution >= 4 is 23.5 Å². The topological polar surface area (TPSA) is 74.8 Å². The van der Waals surface area contributed by atoms with Gasteiger partial charge in [-0.25, -0.2) is 0 Å². The fourth-order valence-corrected chi connectivity index (χ4v) is 2.56. The Morgan fingerprint density at radius 2 is 2.09 bits per heavy atom. The molecule has 2 rings (SSSR count). The Morgan fingerprint density at radius 1 is 1.30 bits per heavy atom. The highest BCUT2D eigenvalue weighted by Gasteiger charge is 2.15. The lowest BCUT2D eigenvalue weighted by Gasteiger charge is -2.15. The number of benzene rings is 1. The van der Waals surface area contributed by atoms with E-state index < -0.39 is 0 Å². The summed E-state index contributed by atoms with van der Waals surface area (Å²) >= 11 is 5.99. The van der Waals surface area contributed by atoms with Crippen LogP contribution in [0.5, 0.6) is 0 Å². The van der Waals surface area contributed by atoms with Gasteiger partial charge in [-0.05, 0) is 25.0 Å². The van der Waals surface area contributed by atoms with Crippen LogP contribution in [-0.2, 0) is 4.74 Å². The predicted octanol–water partition coefficient (Wildman–Crippen LogP) is 1.41. The summed E-state index contributed by atoms with van der Waals surface area (Å²) in [5.41, 5.74) is 0.482. The molecule has 7 heteroatoms. The maximum absolute atomic E-state index is 12.0. The van der Waals surface area contributed by atoms with Crippen molar-refractivity contribution in [2.75, 3.05) is 33.3 Å². The molecule has 1 amide bonds. The van der Waals surface area contributed by atoms with Gasteiger partial charge in [0.05, 0.1) is 16.7 Å². The summed E-state index contributed by atoms with van der Waals surface area (Å²) in [6.07, 6.45) is 2.46. The molecule has 3 N–H and O–H groups in total. The minimum absolute atomic E-state index is 0.181. The van der Waals surface area contributed by atoms with Crippen LogP contribution in [0.2, 0.25) is 5.02 Å². The lowest BCUT2D eigenvalue weighted by molar-refractivity contribution is 0.0954. The third-order valence-electron chi connectivity index (χ3n) is 3.57. The molecule has 1 aliphatic rings. The van der Waals surface area contributed by atoms with Gasteiger partial charge in [0.15, 0.2) is 5.96 Å². The Bertz CT molecular complexity index is 545. The summed E-state index contributed by atoms with van der Waals surface area (Å²) in [5, 5.41) is 9.64. The van der Waals surface area contributed by atoms with E-state index in [9.17, 15) is 4.79 Å². The van der Waals surface area contributed by atoms with Crippen molar-refractivity contribution < 1.29 is 9.53 Å². The molecule has 1 saturated heterocycles. The van der Waals surface area contributed by atoms with Crippen molar-refractivity contribution in [3.05, 3.63) is 34.9 Å². The monoisotopic (exact) mass is 338 g/mol. The van der Waals surface area contributed by atoms with Crippen LogP contribution in [0.3, 0.4) is 0 Å². The second-order valence-electron chi connectivity index (χ2n) is 5.25. The van der Waals surface area contributed by atoms with Crippen LogP contribution in [0, 0.1) is 0 Å². The van der Waals surface area contributed by atoms with Gasteiger partial charge in [-0.3, -0.25) is 9.79 Å². The van der Waals surface area contributed by atoms with Crippen molar-refractivity contribution in [1.29, 1.82) is 0 Å². The first-order valence-corrected chi connectivity index (χ1v) is 8.17. The molecule has 0 saturated carbocycles. The van der Waals surface area contributed by atoms with Crippen LogP contribution in [0.1, 0.15) is 23.2 Å². The van der Waals surface area contributed by atoms with Crippen LogP contribution < -0.4 is 16.0 Å². The normalized spacial score (nSPS) is 17.8. The molecular weight excluding hydrogens is 316 g/mol. The molecule has 0 radical (unpaired) electrons. The average Bonchev–Trinajstić information content (AvgIpc) is 3.08. The number of guanidine groups is 1. The molecule has 126 valence electrons. The van der Waals surface area contributed by atoms with Crippen molar-refractivity contribution in [3.8, 4) is 0 Å². The van der Waals surface area contributed by atoms with Gasteiger partial charge < -0.3 is 20.7 Å². The molecule has 0 aromatic heterocycles. The molecule has 1 unspecified atom stereocenters. The zero-order valence-electron chi connectivity index (χ0n) is 13.3. The van der Waals surface area contributed by atoms with Crippen LogP contribution >= 0.6 is 11.6 Å². The molecule has 23 heavy (non-hydrogen) atoms. The van der Waals surface area contributed by atoms with Crippen molar-refractivity contribution in [3.63, 3.8) is 0 Å². The number of hydrogen-bond donors (Lipinski definition) is 3. The van der Waals surface area contributed by atoms with Gasteiger partial charge in [0, 0.05) is 33.3 Å². The van der Waals surface area contributed by atoms with E-state index in [0.29, 0.717) is 29.6 Å². The number of carbonyl (C=O) groups excluding carboxylic acids is 1. The maximum atomic E-state index is 12.0. The molecule has 6 nitrogen and oxygen atoms in total. The molecule has 1 aliphatic heterocycles. The van der Waals surface area contributed by atoms with Crippen LogP contribution in [0.4, 0.5) is 0 Å². The van der Waals surface area contributed by atoms with E-state index in [0.717, 1.165) is 26.0 Å². The largest absolute Gasteiger partial charge is 0.376 e. The van der Waals surface area contributed by atoms with Gasteiger partial charge in [0.1, 0.15) is 0 Å². The Kier molecular flexibility index (Phi) is 7.16. The summed E-state index contributed by atoms with van der Waals surface area (Å²) < 4.78 is 5.55. The Morgan fingerprint density at radius 3 is 2.78 bits per heavy atom. The molecule has 0 bridgehead atoms. The smallest absolute Gasteiger partial charge is 0.252 e. The molecule has 1 fully saturated rings. The van der Waals surface area contributed by atoms with Gasteiger partial charge in [-0.2, -0.15) is 0 Å². The third kappa shape index (κ3) is 5.73. The Hall–Kier alpha value is -1.79. The number of hydrogen-bond acceptors (Lipinski definition) is 3. The van der Waals surface area contributed by atoms with Gasteiger partial charge in [0.25, 0.3) is 5.91 Å². The van der Waals surface area contributed by atoms with Crippen molar-refractivity contribution in [1.82, 2.24) is 16.0 Å². The Balaban J connectivity index is 1.65. The first kappa shape index (κ1) is 17.6.